The van der Waals surface area contributed by atoms with Gasteiger partial charge in [0.2, 0.25) is 11.0 Å². The smallest absolute Gasteiger partial charge is 0.220 e. The van der Waals surface area contributed by atoms with Crippen LogP contribution in [0.15, 0.2) is 52.7 Å². The van der Waals surface area contributed by atoms with Gasteiger partial charge in [0.1, 0.15) is 5.82 Å². The number of anilines is 1. The molecule has 0 aliphatic rings. The highest BCUT2D eigenvalue weighted by molar-refractivity contribution is 7.80. The number of thiocarbonyl (C=S) groups is 1. The highest BCUT2D eigenvalue weighted by Gasteiger charge is 2.16. The van der Waals surface area contributed by atoms with E-state index in [0.717, 1.165) is 0 Å². The average molecular weight is 377 g/mol. The fourth-order valence-corrected chi connectivity index (χ4v) is 2.87. The SMILES string of the molecule is CCn1c(O)c(N=NC(=S)Nc2cccc(Cl)c2)c2cc(F)ccc21. The van der Waals surface area contributed by atoms with Gasteiger partial charge < -0.3 is 15.0 Å². The molecule has 1 heterocycles. The van der Waals surface area contributed by atoms with Gasteiger partial charge in [-0.15, -0.1) is 10.2 Å². The molecule has 0 unspecified atom stereocenters. The summed E-state index contributed by atoms with van der Waals surface area (Å²) in [6.07, 6.45) is 0. The molecule has 0 amide bonds. The van der Waals surface area contributed by atoms with Crippen molar-refractivity contribution in [2.45, 2.75) is 13.5 Å². The number of fused-ring (bicyclic) bond motifs is 1. The van der Waals surface area contributed by atoms with E-state index in [9.17, 15) is 9.50 Å². The first-order chi connectivity index (χ1) is 12.0. The molecule has 8 heteroatoms. The van der Waals surface area contributed by atoms with E-state index in [-0.39, 0.29) is 16.7 Å². The van der Waals surface area contributed by atoms with Gasteiger partial charge in [-0.1, -0.05) is 17.7 Å². The van der Waals surface area contributed by atoms with Gasteiger partial charge in [-0.2, -0.15) is 0 Å². The second-order valence-electron chi connectivity index (χ2n) is 5.22. The summed E-state index contributed by atoms with van der Waals surface area (Å²) in [7, 11) is 0. The van der Waals surface area contributed by atoms with Crippen molar-refractivity contribution in [3.8, 4) is 5.88 Å². The fraction of sp³-hybridized carbons (Fsp3) is 0.118. The van der Waals surface area contributed by atoms with Crippen molar-refractivity contribution >= 4 is 51.2 Å². The molecule has 0 bridgehead atoms. The summed E-state index contributed by atoms with van der Waals surface area (Å²) in [6, 6.07) is 11.2. The quantitative estimate of drug-likeness (QED) is 0.459. The Hall–Kier alpha value is -2.51. The normalized spacial score (nSPS) is 11.3. The number of aromatic hydroxyl groups is 1. The molecule has 0 radical (unpaired) electrons. The average Bonchev–Trinajstić information content (AvgIpc) is 2.83. The van der Waals surface area contributed by atoms with Crippen molar-refractivity contribution in [2.24, 2.45) is 10.2 Å². The van der Waals surface area contributed by atoms with Gasteiger partial charge in [-0.05, 0) is 55.5 Å². The van der Waals surface area contributed by atoms with Crippen LogP contribution in [0.25, 0.3) is 10.9 Å². The molecule has 25 heavy (non-hydrogen) atoms. The molecule has 0 atom stereocenters. The Morgan fingerprint density at radius 3 is 2.84 bits per heavy atom. The van der Waals surface area contributed by atoms with Crippen LogP contribution in [0.3, 0.4) is 0 Å². The van der Waals surface area contributed by atoms with Crippen molar-refractivity contribution in [1.29, 1.82) is 0 Å². The Bertz CT molecular complexity index is 986. The fourth-order valence-electron chi connectivity index (χ4n) is 2.52. The number of nitrogens with zero attached hydrogens (tertiary/aromatic N) is 3. The maximum atomic E-state index is 13.6. The van der Waals surface area contributed by atoms with Gasteiger partial charge in [0.25, 0.3) is 0 Å². The summed E-state index contributed by atoms with van der Waals surface area (Å²) in [4.78, 5) is 0. The second-order valence-corrected chi connectivity index (χ2v) is 6.04. The first kappa shape index (κ1) is 17.3. The van der Waals surface area contributed by atoms with Crippen LogP contribution in [0.1, 0.15) is 6.92 Å². The molecule has 2 aromatic carbocycles. The van der Waals surface area contributed by atoms with Crippen LogP contribution in [0.2, 0.25) is 5.02 Å². The molecule has 2 N–H and O–H groups in total. The zero-order chi connectivity index (χ0) is 18.0. The number of aryl methyl sites for hydroxylation is 1. The van der Waals surface area contributed by atoms with Gasteiger partial charge in [-0.25, -0.2) is 4.39 Å². The first-order valence-electron chi connectivity index (χ1n) is 7.48. The Kier molecular flexibility index (Phi) is 4.96. The summed E-state index contributed by atoms with van der Waals surface area (Å²) in [5.74, 6) is -0.505. The minimum absolute atomic E-state index is 0.0857. The molecule has 1 aromatic heterocycles. The minimum Gasteiger partial charge on any atom is -0.493 e. The molecule has 3 rings (SSSR count). The zero-order valence-corrected chi connectivity index (χ0v) is 14.8. The van der Waals surface area contributed by atoms with Crippen LogP contribution in [-0.2, 0) is 6.54 Å². The summed E-state index contributed by atoms with van der Waals surface area (Å²) in [6.45, 7) is 2.38. The lowest BCUT2D eigenvalue weighted by atomic mass is 10.2. The molecule has 0 aliphatic heterocycles. The highest BCUT2D eigenvalue weighted by Crippen LogP contribution is 2.39. The van der Waals surface area contributed by atoms with E-state index in [2.05, 4.69) is 15.5 Å². The van der Waals surface area contributed by atoms with Gasteiger partial charge >= 0.3 is 0 Å². The van der Waals surface area contributed by atoms with E-state index in [1.807, 2.05) is 6.92 Å². The molecule has 3 aromatic rings. The van der Waals surface area contributed by atoms with Gasteiger partial charge in [0, 0.05) is 22.6 Å². The van der Waals surface area contributed by atoms with Gasteiger partial charge in [0.05, 0.1) is 5.52 Å². The lowest BCUT2D eigenvalue weighted by molar-refractivity contribution is 0.427. The molecule has 0 fully saturated rings. The van der Waals surface area contributed by atoms with Crippen molar-refractivity contribution in [1.82, 2.24) is 4.57 Å². The summed E-state index contributed by atoms with van der Waals surface area (Å²) in [5.41, 5.74) is 1.51. The molecule has 0 aliphatic carbocycles. The predicted octanol–water partition coefficient (Wildman–Crippen LogP) is 5.64. The zero-order valence-electron chi connectivity index (χ0n) is 13.2. The Morgan fingerprint density at radius 2 is 2.12 bits per heavy atom. The molecular weight excluding hydrogens is 363 g/mol. The Labute approximate surface area is 153 Å². The minimum atomic E-state index is -0.420. The lowest BCUT2D eigenvalue weighted by Crippen LogP contribution is -2.04. The van der Waals surface area contributed by atoms with Gasteiger partial charge in [-0.3, -0.25) is 0 Å². The van der Waals surface area contributed by atoms with E-state index < -0.39 is 5.82 Å². The third-order valence-corrected chi connectivity index (χ3v) is 4.02. The van der Waals surface area contributed by atoms with Crippen LogP contribution >= 0.6 is 23.8 Å². The number of hydrogen-bond acceptors (Lipinski definition) is 3. The van der Waals surface area contributed by atoms with E-state index in [0.29, 0.717) is 28.2 Å². The number of aromatic nitrogens is 1. The second kappa shape index (κ2) is 7.16. The number of rotatable bonds is 3. The monoisotopic (exact) mass is 376 g/mol. The number of halogens is 2. The standard InChI is InChI=1S/C17H14ClFN4OS/c1-2-23-14-7-6-11(19)9-13(14)15(16(23)24)21-22-17(25)20-12-5-3-4-10(18)8-12/h3-9,24H,2H2,1H3,(H,20,25). The lowest BCUT2D eigenvalue weighted by Gasteiger charge is -2.03. The van der Waals surface area contributed by atoms with Crippen molar-refractivity contribution in [3.63, 3.8) is 0 Å². The topological polar surface area (TPSA) is 61.9 Å². The third kappa shape index (κ3) is 3.62. The maximum Gasteiger partial charge on any atom is 0.220 e. The van der Waals surface area contributed by atoms with Crippen molar-refractivity contribution in [3.05, 3.63) is 53.3 Å². The van der Waals surface area contributed by atoms with E-state index in [1.165, 1.54) is 12.1 Å². The molecule has 0 saturated carbocycles. The summed E-state index contributed by atoms with van der Waals surface area (Å²) < 4.78 is 15.2. The van der Waals surface area contributed by atoms with Crippen LogP contribution in [0.4, 0.5) is 15.8 Å². The number of nitrogens with one attached hydrogen (secondary N) is 1. The first-order valence-corrected chi connectivity index (χ1v) is 8.27. The highest BCUT2D eigenvalue weighted by atomic mass is 35.5. The molecule has 0 spiro atoms. The molecule has 0 saturated heterocycles. The Morgan fingerprint density at radius 1 is 1.32 bits per heavy atom. The van der Waals surface area contributed by atoms with E-state index in [4.69, 9.17) is 23.8 Å². The third-order valence-electron chi connectivity index (χ3n) is 3.60. The van der Waals surface area contributed by atoms with E-state index >= 15 is 0 Å². The van der Waals surface area contributed by atoms with Crippen molar-refractivity contribution in [2.75, 3.05) is 5.32 Å². The van der Waals surface area contributed by atoms with Crippen LogP contribution in [0.5, 0.6) is 5.88 Å². The summed E-state index contributed by atoms with van der Waals surface area (Å²) in [5, 5.41) is 22.3. The van der Waals surface area contributed by atoms with Crippen LogP contribution < -0.4 is 5.32 Å². The maximum absolute atomic E-state index is 13.6. The number of azo groups is 1. The predicted molar refractivity (Wildman–Crippen MR) is 101 cm³/mol. The largest absolute Gasteiger partial charge is 0.493 e. The Balaban J connectivity index is 1.91. The van der Waals surface area contributed by atoms with Crippen LogP contribution in [0, 0.1) is 5.82 Å². The van der Waals surface area contributed by atoms with Gasteiger partial charge in [0.15, 0.2) is 5.69 Å². The molecule has 128 valence electrons. The number of hydrogen-bond donors (Lipinski definition) is 2. The van der Waals surface area contributed by atoms with Crippen molar-refractivity contribution < 1.29 is 9.50 Å². The molecular formula is C17H14ClFN4OS. The molecule has 5 nitrogen and oxygen atoms in total. The van der Waals surface area contributed by atoms with E-state index in [1.54, 1.807) is 34.9 Å². The number of benzene rings is 2. The summed E-state index contributed by atoms with van der Waals surface area (Å²) >= 11 is 11.0. The van der Waals surface area contributed by atoms with Crippen LogP contribution in [-0.4, -0.2) is 14.8 Å².